The molecule has 204 valence electrons. The van der Waals surface area contributed by atoms with E-state index in [0.717, 1.165) is 30.4 Å². The summed E-state index contributed by atoms with van der Waals surface area (Å²) in [5.74, 6) is -0.900. The summed E-state index contributed by atoms with van der Waals surface area (Å²) in [7, 11) is 1.74. The number of benzene rings is 2. The zero-order valence-electron chi connectivity index (χ0n) is 22.7. The molecule has 3 aliphatic rings. The highest BCUT2D eigenvalue weighted by Crippen LogP contribution is 2.43. The molecule has 1 saturated heterocycles. The molecule has 0 spiro atoms. The molecule has 2 fully saturated rings. The van der Waals surface area contributed by atoms with Crippen molar-refractivity contribution in [3.05, 3.63) is 58.9 Å². The minimum atomic E-state index is -0.959. The minimum Gasteiger partial charge on any atom is -0.444 e. The second kappa shape index (κ2) is 9.99. The van der Waals surface area contributed by atoms with Gasteiger partial charge in [-0.1, -0.05) is 18.2 Å². The van der Waals surface area contributed by atoms with Crippen LogP contribution in [0.4, 0.5) is 9.18 Å². The molecule has 39 heavy (non-hydrogen) atoms. The molecule has 2 bridgehead atoms. The van der Waals surface area contributed by atoms with E-state index in [0.29, 0.717) is 23.2 Å². The Morgan fingerprint density at radius 1 is 1.18 bits per heavy atom. The Bertz CT molecular complexity index is 1380. The Hall–Kier alpha value is -3.93. The molecule has 5 rings (SSSR count). The summed E-state index contributed by atoms with van der Waals surface area (Å²) >= 11 is 0. The number of fused-ring (bicyclic) bond motifs is 3. The van der Waals surface area contributed by atoms with E-state index in [9.17, 15) is 19.6 Å². The minimum absolute atomic E-state index is 0.00884. The first-order valence-electron chi connectivity index (χ1n) is 13.3. The lowest BCUT2D eigenvalue weighted by molar-refractivity contribution is -0.128. The second-order valence-electron chi connectivity index (χ2n) is 11.8. The standard InChI is InChI=1S/C30H33FN4O4/c1-30(2,3)39-29(38)35-23-9-7-20(13-23)26(35)27(36)33-22(15-32)12-19-6-5-18(14-25(19)31)17-8-10-24-21(11-17)16-34(4)28(24)37/h5-6,8,10-11,14,20,22-23,26H,7,9,12-13,16H2,1-4H3,(H,33,36)/t20?,22?,23-,26+/m1/s1. The second-order valence-corrected chi connectivity index (χ2v) is 11.8. The maximum Gasteiger partial charge on any atom is 0.411 e. The largest absolute Gasteiger partial charge is 0.444 e. The van der Waals surface area contributed by atoms with E-state index < -0.39 is 35.5 Å². The number of amides is 3. The van der Waals surface area contributed by atoms with Crippen molar-refractivity contribution in [1.82, 2.24) is 15.1 Å². The topological polar surface area (TPSA) is 103 Å². The number of hydrogen-bond donors (Lipinski definition) is 1. The zero-order valence-corrected chi connectivity index (χ0v) is 22.7. The van der Waals surface area contributed by atoms with Crippen molar-refractivity contribution in [2.75, 3.05) is 7.05 Å². The summed E-state index contributed by atoms with van der Waals surface area (Å²) in [5, 5.41) is 12.5. The van der Waals surface area contributed by atoms with Crippen LogP contribution in [0.5, 0.6) is 0 Å². The first kappa shape index (κ1) is 26.7. The van der Waals surface area contributed by atoms with Crippen molar-refractivity contribution in [3.63, 3.8) is 0 Å². The third-order valence-electron chi connectivity index (χ3n) is 7.83. The number of likely N-dealkylation sites (tertiary alicyclic amines) is 1. The van der Waals surface area contributed by atoms with Crippen molar-refractivity contribution in [2.24, 2.45) is 5.92 Å². The highest BCUT2D eigenvalue weighted by atomic mass is 19.1. The lowest BCUT2D eigenvalue weighted by Gasteiger charge is -2.35. The fraction of sp³-hybridized carbons (Fsp3) is 0.467. The van der Waals surface area contributed by atoms with Crippen LogP contribution in [0.3, 0.4) is 0 Å². The molecule has 1 N–H and O–H groups in total. The van der Waals surface area contributed by atoms with Gasteiger partial charge in [0.05, 0.1) is 6.07 Å². The van der Waals surface area contributed by atoms with Crippen LogP contribution >= 0.6 is 0 Å². The summed E-state index contributed by atoms with van der Waals surface area (Å²) in [6.45, 7) is 5.86. The quantitative estimate of drug-likeness (QED) is 0.614. The van der Waals surface area contributed by atoms with Gasteiger partial charge in [0.25, 0.3) is 5.91 Å². The van der Waals surface area contributed by atoms with Gasteiger partial charge < -0.3 is 15.0 Å². The van der Waals surface area contributed by atoms with Gasteiger partial charge in [-0.25, -0.2) is 9.18 Å². The lowest BCUT2D eigenvalue weighted by Crippen LogP contribution is -2.55. The molecule has 0 radical (unpaired) electrons. The molecule has 9 heteroatoms. The predicted molar refractivity (Wildman–Crippen MR) is 142 cm³/mol. The predicted octanol–water partition coefficient (Wildman–Crippen LogP) is 4.42. The van der Waals surface area contributed by atoms with Crippen LogP contribution in [-0.4, -0.2) is 58.5 Å². The first-order chi connectivity index (χ1) is 18.4. The van der Waals surface area contributed by atoms with Crippen molar-refractivity contribution in [1.29, 1.82) is 5.26 Å². The van der Waals surface area contributed by atoms with Gasteiger partial charge >= 0.3 is 6.09 Å². The molecule has 4 atom stereocenters. The van der Waals surface area contributed by atoms with Gasteiger partial charge in [-0.3, -0.25) is 14.5 Å². The third-order valence-corrected chi connectivity index (χ3v) is 7.83. The van der Waals surface area contributed by atoms with Crippen LogP contribution in [0, 0.1) is 23.1 Å². The van der Waals surface area contributed by atoms with Crippen molar-refractivity contribution in [3.8, 4) is 17.2 Å². The third kappa shape index (κ3) is 5.20. The molecule has 2 aromatic rings. The number of halogens is 1. The smallest absolute Gasteiger partial charge is 0.411 e. The molecule has 2 heterocycles. The van der Waals surface area contributed by atoms with Crippen molar-refractivity contribution >= 4 is 17.9 Å². The van der Waals surface area contributed by atoms with Crippen molar-refractivity contribution in [2.45, 2.75) is 76.7 Å². The van der Waals surface area contributed by atoms with Crippen LogP contribution in [0.15, 0.2) is 36.4 Å². The molecular weight excluding hydrogens is 499 g/mol. The molecule has 2 unspecified atom stereocenters. The van der Waals surface area contributed by atoms with Crippen LogP contribution < -0.4 is 5.32 Å². The van der Waals surface area contributed by atoms with Crippen LogP contribution in [-0.2, 0) is 22.5 Å². The maximum atomic E-state index is 15.2. The average Bonchev–Trinajstić information content (AvgIpc) is 3.57. The monoisotopic (exact) mass is 532 g/mol. The normalized spacial score (nSPS) is 22.5. The molecule has 0 aromatic heterocycles. The lowest BCUT2D eigenvalue weighted by atomic mass is 9.96. The molecule has 2 aromatic carbocycles. The molecule has 8 nitrogen and oxygen atoms in total. The number of carbonyl (C=O) groups excluding carboxylic acids is 3. The Morgan fingerprint density at radius 3 is 2.59 bits per heavy atom. The highest BCUT2D eigenvalue weighted by Gasteiger charge is 2.52. The first-order valence-corrected chi connectivity index (χ1v) is 13.3. The fourth-order valence-electron chi connectivity index (χ4n) is 6.05. The van der Waals surface area contributed by atoms with Gasteiger partial charge in [0, 0.05) is 31.6 Å². The number of hydrogen-bond acceptors (Lipinski definition) is 5. The van der Waals surface area contributed by atoms with Crippen LogP contribution in [0.1, 0.15) is 61.5 Å². The summed E-state index contributed by atoms with van der Waals surface area (Å²) in [5.41, 5.74) is 2.63. The Balaban J connectivity index is 1.28. The van der Waals surface area contributed by atoms with Gasteiger partial charge in [0.2, 0.25) is 5.91 Å². The number of nitrogens with zero attached hydrogens (tertiary/aromatic N) is 3. The average molecular weight is 533 g/mol. The molecule has 1 saturated carbocycles. The van der Waals surface area contributed by atoms with Gasteiger partial charge in [0.15, 0.2) is 0 Å². The van der Waals surface area contributed by atoms with Crippen molar-refractivity contribution < 1.29 is 23.5 Å². The molecular formula is C30H33FN4O4. The van der Waals surface area contributed by atoms with E-state index in [2.05, 4.69) is 11.4 Å². The molecule has 2 aliphatic heterocycles. The Kier molecular flexibility index (Phi) is 6.83. The molecule has 1 aliphatic carbocycles. The zero-order chi connectivity index (χ0) is 28.1. The van der Waals surface area contributed by atoms with Gasteiger partial charge in [-0.05, 0) is 86.4 Å². The Morgan fingerprint density at radius 2 is 1.90 bits per heavy atom. The van der Waals surface area contributed by atoms with Gasteiger partial charge in [-0.2, -0.15) is 5.26 Å². The number of nitrogens with one attached hydrogen (secondary N) is 1. The van der Waals surface area contributed by atoms with E-state index in [1.54, 1.807) is 57.0 Å². The summed E-state index contributed by atoms with van der Waals surface area (Å²) in [6, 6.07) is 10.6. The number of ether oxygens (including phenoxy) is 1. The van der Waals surface area contributed by atoms with Gasteiger partial charge in [0.1, 0.15) is 23.5 Å². The van der Waals surface area contributed by atoms with E-state index in [4.69, 9.17) is 4.74 Å². The van der Waals surface area contributed by atoms with E-state index >= 15 is 4.39 Å². The highest BCUT2D eigenvalue weighted by molar-refractivity contribution is 5.98. The number of nitriles is 1. The number of rotatable bonds is 5. The van der Waals surface area contributed by atoms with Crippen LogP contribution in [0.2, 0.25) is 0 Å². The van der Waals surface area contributed by atoms with Crippen LogP contribution in [0.25, 0.3) is 11.1 Å². The Labute approximate surface area is 227 Å². The maximum absolute atomic E-state index is 15.2. The SMILES string of the molecule is CN1Cc2cc(-c3ccc(CC(C#N)NC(=O)[C@@H]4C5CC[C@H](C5)N4C(=O)OC(C)(C)C)c(F)c3)ccc2C1=O. The number of piperidine rings is 1. The fourth-order valence-corrected chi connectivity index (χ4v) is 6.05. The summed E-state index contributed by atoms with van der Waals surface area (Å²) < 4.78 is 20.7. The molecule has 3 amide bonds. The van der Waals surface area contributed by atoms with Gasteiger partial charge in [-0.15, -0.1) is 0 Å². The van der Waals surface area contributed by atoms with E-state index in [-0.39, 0.29) is 24.3 Å². The summed E-state index contributed by atoms with van der Waals surface area (Å²) in [4.78, 5) is 41.5. The number of carbonyl (C=O) groups is 3. The summed E-state index contributed by atoms with van der Waals surface area (Å²) in [6.07, 6.45) is 1.86. The van der Waals surface area contributed by atoms with E-state index in [1.807, 2.05) is 6.07 Å². The van der Waals surface area contributed by atoms with E-state index in [1.165, 1.54) is 11.0 Å².